The minimum Gasteiger partial charge on any atom is -0.379 e. The van der Waals surface area contributed by atoms with Crippen molar-refractivity contribution in [2.24, 2.45) is 0 Å². The molecule has 25 heavy (non-hydrogen) atoms. The van der Waals surface area contributed by atoms with Crippen molar-refractivity contribution >= 4 is 17.3 Å². The lowest BCUT2D eigenvalue weighted by atomic mass is 10.1. The number of para-hydroxylation sites is 1. The lowest BCUT2D eigenvalue weighted by Crippen LogP contribution is -2.39. The third-order valence-corrected chi connectivity index (χ3v) is 4.50. The Morgan fingerprint density at radius 1 is 1.16 bits per heavy atom. The van der Waals surface area contributed by atoms with Crippen LogP contribution in [0.4, 0.5) is 17.3 Å². The molecule has 3 rings (SSSR count). The normalized spacial score (nSPS) is 15.1. The van der Waals surface area contributed by atoms with Gasteiger partial charge in [0.1, 0.15) is 18.0 Å². The number of hydrogen-bond acceptors (Lipinski definition) is 6. The van der Waals surface area contributed by atoms with E-state index < -0.39 is 0 Å². The molecule has 1 aliphatic rings. The highest BCUT2D eigenvalue weighted by Gasteiger charge is 2.10. The summed E-state index contributed by atoms with van der Waals surface area (Å²) in [6, 6.07) is 8.32. The smallest absolute Gasteiger partial charge is 0.135 e. The molecule has 1 fully saturated rings. The first-order valence-corrected chi connectivity index (χ1v) is 8.98. The number of rotatable bonds is 7. The number of benzene rings is 1. The van der Waals surface area contributed by atoms with Gasteiger partial charge in [-0.15, -0.1) is 0 Å². The van der Waals surface area contributed by atoms with Crippen LogP contribution in [-0.2, 0) is 11.2 Å². The van der Waals surface area contributed by atoms with Gasteiger partial charge in [-0.25, -0.2) is 9.97 Å². The molecule has 0 spiro atoms. The molecule has 0 unspecified atom stereocenters. The zero-order chi connectivity index (χ0) is 17.5. The van der Waals surface area contributed by atoms with Gasteiger partial charge < -0.3 is 15.4 Å². The van der Waals surface area contributed by atoms with Crippen LogP contribution in [-0.4, -0.2) is 54.3 Å². The second kappa shape index (κ2) is 8.78. The van der Waals surface area contributed by atoms with Gasteiger partial charge >= 0.3 is 0 Å². The predicted octanol–water partition coefficient (Wildman–Crippen LogP) is 2.84. The van der Waals surface area contributed by atoms with E-state index in [9.17, 15) is 0 Å². The summed E-state index contributed by atoms with van der Waals surface area (Å²) >= 11 is 0. The number of ether oxygens (including phenoxy) is 1. The summed E-state index contributed by atoms with van der Waals surface area (Å²) in [6.45, 7) is 9.81. The van der Waals surface area contributed by atoms with Gasteiger partial charge in [0.15, 0.2) is 0 Å². The Hall–Kier alpha value is -2.18. The maximum absolute atomic E-state index is 5.37. The molecule has 6 nitrogen and oxygen atoms in total. The van der Waals surface area contributed by atoms with Gasteiger partial charge in [0.25, 0.3) is 0 Å². The highest BCUT2D eigenvalue weighted by atomic mass is 16.5. The molecule has 2 aromatic rings. The average molecular weight is 341 g/mol. The van der Waals surface area contributed by atoms with Crippen molar-refractivity contribution in [3.63, 3.8) is 0 Å². The highest BCUT2D eigenvalue weighted by molar-refractivity contribution is 5.66. The van der Waals surface area contributed by atoms with E-state index in [0.717, 1.165) is 63.1 Å². The minimum atomic E-state index is 0.813. The molecule has 2 heterocycles. The van der Waals surface area contributed by atoms with Gasteiger partial charge in [0, 0.05) is 37.9 Å². The first kappa shape index (κ1) is 17.6. The number of morpholine rings is 1. The summed E-state index contributed by atoms with van der Waals surface area (Å²) in [6.07, 6.45) is 2.59. The first-order valence-electron chi connectivity index (χ1n) is 8.98. The SMILES string of the molecule is CCc1cccc(C)c1Nc1cc(NCCN2CCOCC2)ncn1. The van der Waals surface area contributed by atoms with Crippen LogP contribution < -0.4 is 10.6 Å². The molecule has 0 bridgehead atoms. The largest absolute Gasteiger partial charge is 0.379 e. The lowest BCUT2D eigenvalue weighted by Gasteiger charge is -2.26. The number of nitrogens with one attached hydrogen (secondary N) is 2. The monoisotopic (exact) mass is 341 g/mol. The van der Waals surface area contributed by atoms with E-state index in [2.05, 4.69) is 57.5 Å². The summed E-state index contributed by atoms with van der Waals surface area (Å²) in [7, 11) is 0. The quantitative estimate of drug-likeness (QED) is 0.807. The van der Waals surface area contributed by atoms with Crippen LogP contribution in [0.5, 0.6) is 0 Å². The molecular weight excluding hydrogens is 314 g/mol. The molecule has 0 amide bonds. The van der Waals surface area contributed by atoms with Crippen LogP contribution in [0, 0.1) is 6.92 Å². The number of hydrogen-bond donors (Lipinski definition) is 2. The van der Waals surface area contributed by atoms with Gasteiger partial charge in [-0.1, -0.05) is 25.1 Å². The number of aromatic nitrogens is 2. The van der Waals surface area contributed by atoms with Crippen molar-refractivity contribution in [3.8, 4) is 0 Å². The molecular formula is C19H27N5O. The van der Waals surface area contributed by atoms with Crippen LogP contribution in [0.3, 0.4) is 0 Å². The zero-order valence-electron chi connectivity index (χ0n) is 15.1. The zero-order valence-corrected chi connectivity index (χ0v) is 15.1. The Kier molecular flexibility index (Phi) is 6.19. The third-order valence-electron chi connectivity index (χ3n) is 4.50. The number of nitrogens with zero attached hydrogens (tertiary/aromatic N) is 3. The van der Waals surface area contributed by atoms with Crippen molar-refractivity contribution in [1.82, 2.24) is 14.9 Å². The van der Waals surface area contributed by atoms with Crippen LogP contribution in [0.25, 0.3) is 0 Å². The van der Waals surface area contributed by atoms with Crippen LogP contribution in [0.15, 0.2) is 30.6 Å². The summed E-state index contributed by atoms with van der Waals surface area (Å²) in [5.74, 6) is 1.66. The van der Waals surface area contributed by atoms with Crippen molar-refractivity contribution in [1.29, 1.82) is 0 Å². The lowest BCUT2D eigenvalue weighted by molar-refractivity contribution is 0.0398. The van der Waals surface area contributed by atoms with E-state index >= 15 is 0 Å². The molecule has 0 radical (unpaired) electrons. The molecule has 1 saturated heterocycles. The molecule has 0 atom stereocenters. The third kappa shape index (κ3) is 4.90. The average Bonchev–Trinajstić information content (AvgIpc) is 2.65. The molecule has 1 aliphatic heterocycles. The molecule has 1 aromatic heterocycles. The Morgan fingerprint density at radius 3 is 2.76 bits per heavy atom. The van der Waals surface area contributed by atoms with E-state index in [0.29, 0.717) is 0 Å². The predicted molar refractivity (Wildman–Crippen MR) is 102 cm³/mol. The van der Waals surface area contributed by atoms with Gasteiger partial charge in [-0.3, -0.25) is 4.90 Å². The first-order chi connectivity index (χ1) is 12.3. The van der Waals surface area contributed by atoms with E-state index in [-0.39, 0.29) is 0 Å². The van der Waals surface area contributed by atoms with E-state index in [1.807, 2.05) is 6.07 Å². The fourth-order valence-electron chi connectivity index (χ4n) is 3.02. The summed E-state index contributed by atoms with van der Waals surface area (Å²) in [5.41, 5.74) is 3.66. The van der Waals surface area contributed by atoms with E-state index in [1.165, 1.54) is 11.1 Å². The van der Waals surface area contributed by atoms with Crippen LogP contribution in [0.1, 0.15) is 18.1 Å². The molecule has 6 heteroatoms. The number of anilines is 3. The molecule has 2 N–H and O–H groups in total. The second-order valence-corrected chi connectivity index (χ2v) is 6.26. The summed E-state index contributed by atoms with van der Waals surface area (Å²) in [4.78, 5) is 11.1. The minimum absolute atomic E-state index is 0.813. The summed E-state index contributed by atoms with van der Waals surface area (Å²) in [5, 5.41) is 6.84. The molecule has 1 aromatic carbocycles. The molecule has 0 aliphatic carbocycles. The van der Waals surface area contributed by atoms with Crippen molar-refractivity contribution in [3.05, 3.63) is 41.7 Å². The Labute approximate surface area is 149 Å². The standard InChI is InChI=1S/C19H27N5O/c1-3-16-6-4-5-15(2)19(16)23-18-13-17(21-14-22-18)20-7-8-24-9-11-25-12-10-24/h4-6,13-14H,3,7-12H2,1-2H3,(H2,20,21,22,23). The molecule has 134 valence electrons. The number of aryl methyl sites for hydroxylation is 2. The van der Waals surface area contributed by atoms with Gasteiger partial charge in [0.05, 0.1) is 13.2 Å². The highest BCUT2D eigenvalue weighted by Crippen LogP contribution is 2.25. The Morgan fingerprint density at radius 2 is 1.96 bits per heavy atom. The van der Waals surface area contributed by atoms with Crippen LogP contribution >= 0.6 is 0 Å². The fourth-order valence-corrected chi connectivity index (χ4v) is 3.02. The fraction of sp³-hybridized carbons (Fsp3) is 0.474. The van der Waals surface area contributed by atoms with Gasteiger partial charge in [-0.05, 0) is 24.5 Å². The topological polar surface area (TPSA) is 62.3 Å². The van der Waals surface area contributed by atoms with Crippen molar-refractivity contribution in [2.75, 3.05) is 50.0 Å². The van der Waals surface area contributed by atoms with Crippen molar-refractivity contribution in [2.45, 2.75) is 20.3 Å². The van der Waals surface area contributed by atoms with E-state index in [1.54, 1.807) is 6.33 Å². The van der Waals surface area contributed by atoms with Crippen LogP contribution in [0.2, 0.25) is 0 Å². The maximum Gasteiger partial charge on any atom is 0.135 e. The van der Waals surface area contributed by atoms with Crippen molar-refractivity contribution < 1.29 is 4.74 Å². The Bertz CT molecular complexity index is 685. The maximum atomic E-state index is 5.37. The second-order valence-electron chi connectivity index (χ2n) is 6.26. The Balaban J connectivity index is 1.60. The molecule has 0 saturated carbocycles. The summed E-state index contributed by atoms with van der Waals surface area (Å²) < 4.78 is 5.37. The van der Waals surface area contributed by atoms with Gasteiger partial charge in [0.2, 0.25) is 0 Å². The van der Waals surface area contributed by atoms with Gasteiger partial charge in [-0.2, -0.15) is 0 Å². The van der Waals surface area contributed by atoms with E-state index in [4.69, 9.17) is 4.74 Å².